The number of hydrogen-bond acceptors (Lipinski definition) is 5. The third-order valence-electron chi connectivity index (χ3n) is 5.04. The van der Waals surface area contributed by atoms with E-state index in [4.69, 9.17) is 21.7 Å². The zero-order chi connectivity index (χ0) is 21.4. The van der Waals surface area contributed by atoms with Gasteiger partial charge in [0.15, 0.2) is 4.67 Å². The molecular formula is C21H24BrN5O2S. The first-order valence-electron chi connectivity index (χ1n) is 9.89. The lowest BCUT2D eigenvalue weighted by molar-refractivity contribution is 0.225. The van der Waals surface area contributed by atoms with Crippen LogP contribution in [0.4, 0.5) is 0 Å². The Morgan fingerprint density at radius 1 is 1.23 bits per heavy atom. The van der Waals surface area contributed by atoms with Crippen LogP contribution in [0.5, 0.6) is 0 Å². The molecule has 9 heteroatoms. The van der Waals surface area contributed by atoms with E-state index in [0.29, 0.717) is 46.3 Å². The lowest BCUT2D eigenvalue weighted by Crippen LogP contribution is -2.24. The Balaban J connectivity index is 1.79. The molecule has 4 rings (SSSR count). The first-order valence-corrected chi connectivity index (χ1v) is 11.1. The Kier molecular flexibility index (Phi) is 5.95. The van der Waals surface area contributed by atoms with Crippen LogP contribution in [0.25, 0.3) is 16.7 Å². The van der Waals surface area contributed by atoms with Crippen LogP contribution in [0.2, 0.25) is 0 Å². The fourth-order valence-electron chi connectivity index (χ4n) is 3.53. The number of halogens is 1. The van der Waals surface area contributed by atoms with Crippen molar-refractivity contribution in [1.82, 2.24) is 23.6 Å². The van der Waals surface area contributed by atoms with Crippen LogP contribution in [0.3, 0.4) is 0 Å². The summed E-state index contributed by atoms with van der Waals surface area (Å²) in [6.45, 7) is 5.99. The SMILES string of the molecule is CC(C)CCn1c(=O)c2ccccc2n2c(=S)n(CN(C)Cc3ccc(Br)o3)nc12. The predicted octanol–water partition coefficient (Wildman–Crippen LogP) is 4.67. The fraction of sp³-hybridized carbons (Fsp3) is 0.381. The van der Waals surface area contributed by atoms with E-state index in [1.807, 2.05) is 47.8 Å². The third kappa shape index (κ3) is 4.01. The van der Waals surface area contributed by atoms with Crippen molar-refractivity contribution >= 4 is 44.8 Å². The van der Waals surface area contributed by atoms with Crippen LogP contribution < -0.4 is 5.56 Å². The number of para-hydroxylation sites is 1. The Morgan fingerprint density at radius 3 is 2.70 bits per heavy atom. The quantitative estimate of drug-likeness (QED) is 0.353. The highest BCUT2D eigenvalue weighted by molar-refractivity contribution is 9.10. The van der Waals surface area contributed by atoms with Crippen LogP contribution in [-0.4, -0.2) is 30.7 Å². The second-order valence-electron chi connectivity index (χ2n) is 7.94. The van der Waals surface area contributed by atoms with Gasteiger partial charge in [-0.15, -0.1) is 5.10 Å². The topological polar surface area (TPSA) is 60.6 Å². The van der Waals surface area contributed by atoms with Crippen LogP contribution in [-0.2, 0) is 19.8 Å². The van der Waals surface area contributed by atoms with Gasteiger partial charge in [0.1, 0.15) is 5.76 Å². The molecule has 0 spiro atoms. The molecule has 0 fully saturated rings. The Labute approximate surface area is 187 Å². The molecule has 0 unspecified atom stereocenters. The average Bonchev–Trinajstić information content (AvgIpc) is 3.24. The van der Waals surface area contributed by atoms with E-state index in [1.165, 1.54) is 0 Å². The summed E-state index contributed by atoms with van der Waals surface area (Å²) in [6, 6.07) is 11.4. The molecule has 0 saturated carbocycles. The van der Waals surface area contributed by atoms with Gasteiger partial charge in [0, 0.05) is 6.54 Å². The van der Waals surface area contributed by atoms with Gasteiger partial charge in [0.25, 0.3) is 5.56 Å². The van der Waals surface area contributed by atoms with Crippen molar-refractivity contribution in [2.45, 2.75) is 40.0 Å². The van der Waals surface area contributed by atoms with Crippen LogP contribution >= 0.6 is 28.1 Å². The lowest BCUT2D eigenvalue weighted by Gasteiger charge is -2.14. The highest BCUT2D eigenvalue weighted by Gasteiger charge is 2.17. The minimum atomic E-state index is -0.0281. The minimum Gasteiger partial charge on any atom is -0.453 e. The standard InChI is InChI=1S/C21H24BrN5O2S/c1-14(2)10-11-25-19(28)16-6-4-5-7-17(16)27-20(25)23-26(21(27)30)13-24(3)12-15-8-9-18(22)29-15/h4-9,14H,10-13H2,1-3H3. The molecule has 1 aromatic carbocycles. The number of aryl methyl sites for hydroxylation is 1. The molecule has 0 atom stereocenters. The van der Waals surface area contributed by atoms with Gasteiger partial charge < -0.3 is 4.42 Å². The molecule has 0 saturated heterocycles. The highest BCUT2D eigenvalue weighted by Crippen LogP contribution is 2.17. The summed E-state index contributed by atoms with van der Waals surface area (Å²) in [4.78, 5) is 15.2. The van der Waals surface area contributed by atoms with Gasteiger partial charge in [-0.25, -0.2) is 4.68 Å². The molecule has 0 aliphatic carbocycles. The van der Waals surface area contributed by atoms with Crippen LogP contribution in [0.1, 0.15) is 26.0 Å². The van der Waals surface area contributed by atoms with E-state index < -0.39 is 0 Å². The molecule has 0 aliphatic rings. The number of nitrogens with zero attached hydrogens (tertiary/aromatic N) is 5. The second-order valence-corrected chi connectivity index (χ2v) is 9.08. The summed E-state index contributed by atoms with van der Waals surface area (Å²) >= 11 is 9.10. The number of benzene rings is 1. The largest absolute Gasteiger partial charge is 0.453 e. The van der Waals surface area contributed by atoms with Gasteiger partial charge in [-0.3, -0.25) is 18.7 Å². The number of furan rings is 1. The van der Waals surface area contributed by atoms with Gasteiger partial charge in [-0.05, 0) is 71.8 Å². The molecule has 0 amide bonds. The molecule has 158 valence electrons. The van der Waals surface area contributed by atoms with Gasteiger partial charge in [0.05, 0.1) is 24.1 Å². The maximum Gasteiger partial charge on any atom is 0.262 e. The number of fused-ring (bicyclic) bond motifs is 3. The summed E-state index contributed by atoms with van der Waals surface area (Å²) in [5.74, 6) is 1.91. The van der Waals surface area contributed by atoms with Crippen molar-refractivity contribution in [1.29, 1.82) is 0 Å². The van der Waals surface area contributed by atoms with E-state index in [-0.39, 0.29) is 5.56 Å². The van der Waals surface area contributed by atoms with E-state index >= 15 is 0 Å². The Morgan fingerprint density at radius 2 is 2.00 bits per heavy atom. The molecule has 0 radical (unpaired) electrons. The van der Waals surface area contributed by atoms with E-state index in [1.54, 1.807) is 9.25 Å². The van der Waals surface area contributed by atoms with E-state index in [0.717, 1.165) is 17.7 Å². The van der Waals surface area contributed by atoms with Gasteiger partial charge >= 0.3 is 0 Å². The molecule has 4 aromatic rings. The summed E-state index contributed by atoms with van der Waals surface area (Å²) in [5, 5.41) is 5.40. The smallest absolute Gasteiger partial charge is 0.262 e. The molecule has 30 heavy (non-hydrogen) atoms. The molecule has 0 bridgehead atoms. The molecule has 3 heterocycles. The van der Waals surface area contributed by atoms with Crippen molar-refractivity contribution in [2.75, 3.05) is 7.05 Å². The summed E-state index contributed by atoms with van der Waals surface area (Å²) in [5.41, 5.74) is 0.756. The molecule has 7 nitrogen and oxygen atoms in total. The van der Waals surface area contributed by atoms with Crippen LogP contribution in [0.15, 0.2) is 50.3 Å². The van der Waals surface area contributed by atoms with Gasteiger partial charge in [0.2, 0.25) is 10.5 Å². The molecule has 3 aromatic heterocycles. The Bertz CT molecular complexity index is 1320. The third-order valence-corrected chi connectivity index (χ3v) is 5.86. The number of aromatic nitrogens is 4. The summed E-state index contributed by atoms with van der Waals surface area (Å²) in [7, 11) is 1.98. The fourth-order valence-corrected chi connectivity index (χ4v) is 4.15. The number of rotatable bonds is 7. The van der Waals surface area contributed by atoms with Crippen molar-refractivity contribution < 1.29 is 4.42 Å². The monoisotopic (exact) mass is 489 g/mol. The zero-order valence-electron chi connectivity index (χ0n) is 17.2. The predicted molar refractivity (Wildman–Crippen MR) is 123 cm³/mol. The average molecular weight is 490 g/mol. The first kappa shape index (κ1) is 21.0. The lowest BCUT2D eigenvalue weighted by atomic mass is 10.1. The van der Waals surface area contributed by atoms with Crippen molar-refractivity contribution in [3.8, 4) is 0 Å². The maximum absolute atomic E-state index is 13.2. The van der Waals surface area contributed by atoms with E-state index in [9.17, 15) is 4.79 Å². The second kappa shape index (κ2) is 8.49. The summed E-state index contributed by atoms with van der Waals surface area (Å²) in [6.07, 6.45) is 0.890. The van der Waals surface area contributed by atoms with Crippen molar-refractivity contribution in [2.24, 2.45) is 5.92 Å². The Hall–Kier alpha value is -2.23. The van der Waals surface area contributed by atoms with Crippen molar-refractivity contribution in [3.63, 3.8) is 0 Å². The maximum atomic E-state index is 13.2. The minimum absolute atomic E-state index is 0.0281. The molecule has 0 aliphatic heterocycles. The normalized spacial score (nSPS) is 12.1. The molecular weight excluding hydrogens is 466 g/mol. The van der Waals surface area contributed by atoms with Crippen molar-refractivity contribution in [3.05, 3.63) is 62.0 Å². The highest BCUT2D eigenvalue weighted by atomic mass is 79.9. The van der Waals surface area contributed by atoms with Gasteiger partial charge in [-0.1, -0.05) is 26.0 Å². The van der Waals surface area contributed by atoms with E-state index in [2.05, 4.69) is 34.7 Å². The summed E-state index contributed by atoms with van der Waals surface area (Å²) < 4.78 is 12.3. The van der Waals surface area contributed by atoms with Crippen LogP contribution in [0, 0.1) is 10.7 Å². The number of hydrogen-bond donors (Lipinski definition) is 0. The first-order chi connectivity index (χ1) is 14.3. The van der Waals surface area contributed by atoms with Gasteiger partial charge in [-0.2, -0.15) is 0 Å². The molecule has 0 N–H and O–H groups in total. The zero-order valence-corrected chi connectivity index (χ0v) is 19.6.